The predicted molar refractivity (Wildman–Crippen MR) is 45.1 cm³/mol. The number of allylic oxidation sites excluding steroid dienone is 2. The molecule has 0 aromatic carbocycles. The zero-order valence-corrected chi connectivity index (χ0v) is 7.06. The number of rotatable bonds is 5. The topological polar surface area (TPSA) is 20.2 Å². The van der Waals surface area contributed by atoms with E-state index in [9.17, 15) is 0 Å². The maximum Gasteiger partial charge on any atom is 0.0880 e. The van der Waals surface area contributed by atoms with Crippen molar-refractivity contribution in [2.75, 3.05) is 0 Å². The van der Waals surface area contributed by atoms with E-state index in [1.54, 1.807) is 0 Å². The van der Waals surface area contributed by atoms with Crippen LogP contribution in [0.2, 0.25) is 0 Å². The third-order valence-corrected chi connectivity index (χ3v) is 1.55. The molecule has 0 radical (unpaired) electrons. The summed E-state index contributed by atoms with van der Waals surface area (Å²) in [7, 11) is 0. The highest BCUT2D eigenvalue weighted by Gasteiger charge is 1.86. The van der Waals surface area contributed by atoms with Crippen LogP contribution in [0.1, 0.15) is 46.0 Å². The monoisotopic (exact) mass is 142 g/mol. The number of aliphatic hydroxyl groups excluding tert-OH is 1. The van der Waals surface area contributed by atoms with Gasteiger partial charge in [-0.05, 0) is 18.9 Å². The number of aliphatic hydroxyl groups is 1. The molecule has 0 fully saturated rings. The lowest BCUT2D eigenvalue weighted by Crippen LogP contribution is -1.77. The van der Waals surface area contributed by atoms with Crippen molar-refractivity contribution in [3.8, 4) is 0 Å². The standard InChI is InChI=1S/C9H18O/c1-3-5-6-7-8-9(10)4-2/h8,10H,3-7H2,1-2H3/b9-8-. The molecule has 60 valence electrons. The van der Waals surface area contributed by atoms with Crippen molar-refractivity contribution in [1.29, 1.82) is 0 Å². The van der Waals surface area contributed by atoms with Crippen LogP contribution in [0.15, 0.2) is 11.8 Å². The lowest BCUT2D eigenvalue weighted by molar-refractivity contribution is 0.391. The normalized spacial score (nSPS) is 12.0. The summed E-state index contributed by atoms with van der Waals surface area (Å²) >= 11 is 0. The molecule has 0 unspecified atom stereocenters. The summed E-state index contributed by atoms with van der Waals surface area (Å²) in [6.07, 6.45) is 7.46. The van der Waals surface area contributed by atoms with E-state index in [1.807, 2.05) is 13.0 Å². The summed E-state index contributed by atoms with van der Waals surface area (Å²) in [6.45, 7) is 4.15. The van der Waals surface area contributed by atoms with Crippen LogP contribution in [0.4, 0.5) is 0 Å². The summed E-state index contributed by atoms with van der Waals surface area (Å²) in [6, 6.07) is 0. The van der Waals surface area contributed by atoms with Crippen molar-refractivity contribution < 1.29 is 5.11 Å². The average Bonchev–Trinajstić information content (AvgIpc) is 1.98. The Bertz CT molecular complexity index is 94.9. The van der Waals surface area contributed by atoms with Gasteiger partial charge in [-0.25, -0.2) is 0 Å². The molecule has 0 aliphatic rings. The van der Waals surface area contributed by atoms with Crippen molar-refractivity contribution in [2.24, 2.45) is 0 Å². The number of unbranched alkanes of at least 4 members (excludes halogenated alkanes) is 3. The van der Waals surface area contributed by atoms with Crippen LogP contribution >= 0.6 is 0 Å². The molecule has 0 rings (SSSR count). The predicted octanol–water partition coefficient (Wildman–Crippen LogP) is 3.42. The van der Waals surface area contributed by atoms with Crippen LogP contribution < -0.4 is 0 Å². The molecule has 0 amide bonds. The van der Waals surface area contributed by atoms with Gasteiger partial charge in [0.1, 0.15) is 0 Å². The first-order chi connectivity index (χ1) is 4.81. The molecule has 1 N–H and O–H groups in total. The summed E-state index contributed by atoms with van der Waals surface area (Å²) in [5.74, 6) is 0.538. The minimum absolute atomic E-state index is 0.538. The van der Waals surface area contributed by atoms with Gasteiger partial charge in [-0.2, -0.15) is 0 Å². The Morgan fingerprint density at radius 3 is 2.50 bits per heavy atom. The Kier molecular flexibility index (Phi) is 6.35. The Labute approximate surface area is 63.8 Å². The van der Waals surface area contributed by atoms with Gasteiger partial charge < -0.3 is 5.11 Å². The highest BCUT2D eigenvalue weighted by Crippen LogP contribution is 2.03. The fourth-order valence-corrected chi connectivity index (χ4v) is 0.807. The fraction of sp³-hybridized carbons (Fsp3) is 0.778. The molecule has 1 nitrogen and oxygen atoms in total. The molecule has 0 aromatic rings. The summed E-state index contributed by atoms with van der Waals surface area (Å²) in [4.78, 5) is 0. The SMILES string of the molecule is CCCCC/C=C(\O)CC. The maximum absolute atomic E-state index is 9.02. The van der Waals surface area contributed by atoms with Crippen LogP contribution in [0.5, 0.6) is 0 Å². The molecular weight excluding hydrogens is 124 g/mol. The fourth-order valence-electron chi connectivity index (χ4n) is 0.807. The number of hydrogen-bond acceptors (Lipinski definition) is 1. The molecule has 0 heterocycles. The van der Waals surface area contributed by atoms with Crippen molar-refractivity contribution in [2.45, 2.75) is 46.0 Å². The third-order valence-electron chi connectivity index (χ3n) is 1.55. The summed E-state index contributed by atoms with van der Waals surface area (Å²) in [5, 5.41) is 9.02. The lowest BCUT2D eigenvalue weighted by Gasteiger charge is -1.94. The van der Waals surface area contributed by atoms with Gasteiger partial charge in [-0.1, -0.05) is 26.7 Å². The zero-order valence-electron chi connectivity index (χ0n) is 7.06. The summed E-state index contributed by atoms with van der Waals surface area (Å²) < 4.78 is 0. The highest BCUT2D eigenvalue weighted by atomic mass is 16.3. The largest absolute Gasteiger partial charge is 0.513 e. The molecule has 0 saturated heterocycles. The van der Waals surface area contributed by atoms with Gasteiger partial charge in [0.25, 0.3) is 0 Å². The summed E-state index contributed by atoms with van der Waals surface area (Å²) in [5.41, 5.74) is 0. The minimum atomic E-state index is 0.538. The first-order valence-corrected chi connectivity index (χ1v) is 4.19. The smallest absolute Gasteiger partial charge is 0.0880 e. The molecule has 0 aromatic heterocycles. The molecule has 0 bridgehead atoms. The first kappa shape index (κ1) is 9.54. The van der Waals surface area contributed by atoms with Crippen molar-refractivity contribution in [3.05, 3.63) is 11.8 Å². The van der Waals surface area contributed by atoms with E-state index in [1.165, 1.54) is 19.3 Å². The second kappa shape index (κ2) is 6.66. The lowest BCUT2D eigenvalue weighted by atomic mass is 10.2. The van der Waals surface area contributed by atoms with Gasteiger partial charge in [0.15, 0.2) is 0 Å². The van der Waals surface area contributed by atoms with E-state index >= 15 is 0 Å². The molecule has 0 saturated carbocycles. The molecule has 0 atom stereocenters. The second-order valence-electron chi connectivity index (χ2n) is 2.54. The van der Waals surface area contributed by atoms with E-state index in [4.69, 9.17) is 5.11 Å². The van der Waals surface area contributed by atoms with Crippen LogP contribution in [-0.2, 0) is 0 Å². The van der Waals surface area contributed by atoms with Gasteiger partial charge >= 0.3 is 0 Å². The van der Waals surface area contributed by atoms with Crippen molar-refractivity contribution >= 4 is 0 Å². The molecular formula is C9H18O. The van der Waals surface area contributed by atoms with E-state index in [0.29, 0.717) is 5.76 Å². The van der Waals surface area contributed by atoms with E-state index in [0.717, 1.165) is 12.8 Å². The second-order valence-corrected chi connectivity index (χ2v) is 2.54. The van der Waals surface area contributed by atoms with Crippen LogP contribution in [0.25, 0.3) is 0 Å². The molecule has 0 aliphatic heterocycles. The Morgan fingerprint density at radius 2 is 2.00 bits per heavy atom. The van der Waals surface area contributed by atoms with Crippen LogP contribution in [0.3, 0.4) is 0 Å². The van der Waals surface area contributed by atoms with Crippen LogP contribution in [0, 0.1) is 0 Å². The molecule has 1 heteroatoms. The van der Waals surface area contributed by atoms with E-state index in [2.05, 4.69) is 6.92 Å². The average molecular weight is 142 g/mol. The quantitative estimate of drug-likeness (QED) is 0.460. The third kappa shape index (κ3) is 5.67. The maximum atomic E-state index is 9.02. The van der Waals surface area contributed by atoms with E-state index < -0.39 is 0 Å². The number of hydrogen-bond donors (Lipinski definition) is 1. The molecule has 0 aliphatic carbocycles. The Hall–Kier alpha value is -0.460. The first-order valence-electron chi connectivity index (χ1n) is 4.19. The van der Waals surface area contributed by atoms with Gasteiger partial charge in [-0.15, -0.1) is 0 Å². The Balaban J connectivity index is 3.16. The van der Waals surface area contributed by atoms with Gasteiger partial charge in [-0.3, -0.25) is 0 Å². The molecule has 0 spiro atoms. The van der Waals surface area contributed by atoms with Gasteiger partial charge in [0, 0.05) is 6.42 Å². The zero-order chi connectivity index (χ0) is 7.82. The van der Waals surface area contributed by atoms with E-state index in [-0.39, 0.29) is 0 Å². The van der Waals surface area contributed by atoms with Gasteiger partial charge in [0.05, 0.1) is 5.76 Å². The van der Waals surface area contributed by atoms with Crippen LogP contribution in [-0.4, -0.2) is 5.11 Å². The minimum Gasteiger partial charge on any atom is -0.513 e. The van der Waals surface area contributed by atoms with Crippen molar-refractivity contribution in [3.63, 3.8) is 0 Å². The van der Waals surface area contributed by atoms with Gasteiger partial charge in [0.2, 0.25) is 0 Å². The highest BCUT2D eigenvalue weighted by molar-refractivity contribution is 4.88. The van der Waals surface area contributed by atoms with Crippen molar-refractivity contribution in [1.82, 2.24) is 0 Å². The molecule has 10 heavy (non-hydrogen) atoms. The Morgan fingerprint density at radius 1 is 1.30 bits per heavy atom.